The number of hydrogen-bond donors (Lipinski definition) is 2. The van der Waals surface area contributed by atoms with Crippen molar-refractivity contribution in [1.29, 1.82) is 0 Å². The molecule has 0 aliphatic heterocycles. The minimum absolute atomic E-state index is 0.0730. The SMILES string of the molecule is NS(=O)(=O)c1ccc(-n2[nH]c(=O)nc2-c2ccccc2F)cc1. The van der Waals surface area contributed by atoms with E-state index >= 15 is 0 Å². The third-order valence-electron chi connectivity index (χ3n) is 3.16. The summed E-state index contributed by atoms with van der Waals surface area (Å²) >= 11 is 0. The van der Waals surface area contributed by atoms with Gasteiger partial charge in [-0.3, -0.25) is 0 Å². The maximum Gasteiger partial charge on any atom is 0.362 e. The summed E-state index contributed by atoms with van der Waals surface area (Å²) in [6, 6.07) is 11.3. The van der Waals surface area contributed by atoms with Gasteiger partial charge in [0.1, 0.15) is 5.82 Å². The molecule has 7 nitrogen and oxygen atoms in total. The van der Waals surface area contributed by atoms with Gasteiger partial charge >= 0.3 is 5.69 Å². The summed E-state index contributed by atoms with van der Waals surface area (Å²) in [5, 5.41) is 7.48. The lowest BCUT2D eigenvalue weighted by atomic mass is 10.2. The summed E-state index contributed by atoms with van der Waals surface area (Å²) in [4.78, 5) is 15.3. The normalized spacial score (nSPS) is 11.6. The summed E-state index contributed by atoms with van der Waals surface area (Å²) in [7, 11) is -3.82. The largest absolute Gasteiger partial charge is 0.362 e. The topological polar surface area (TPSA) is 111 Å². The minimum atomic E-state index is -3.82. The van der Waals surface area contributed by atoms with Gasteiger partial charge in [0.2, 0.25) is 10.0 Å². The van der Waals surface area contributed by atoms with Crippen LogP contribution in [0.25, 0.3) is 17.1 Å². The Bertz CT molecular complexity index is 1020. The van der Waals surface area contributed by atoms with Crippen LogP contribution in [0, 0.1) is 5.82 Å². The molecule has 0 bridgehead atoms. The van der Waals surface area contributed by atoms with Crippen molar-refractivity contribution in [2.45, 2.75) is 4.90 Å². The molecule has 118 valence electrons. The first kappa shape index (κ1) is 15.1. The zero-order valence-electron chi connectivity index (χ0n) is 11.6. The highest BCUT2D eigenvalue weighted by Crippen LogP contribution is 2.22. The predicted octanol–water partition coefficient (Wildman–Crippen LogP) is 1.01. The zero-order valence-corrected chi connectivity index (χ0v) is 12.4. The van der Waals surface area contributed by atoms with Crippen LogP contribution in [0.2, 0.25) is 0 Å². The number of nitrogens with zero attached hydrogens (tertiary/aromatic N) is 2. The van der Waals surface area contributed by atoms with Crippen LogP contribution in [0.15, 0.2) is 58.2 Å². The number of nitrogens with two attached hydrogens (primary N) is 1. The van der Waals surface area contributed by atoms with E-state index in [1.807, 2.05) is 0 Å². The Morgan fingerprint density at radius 3 is 2.35 bits per heavy atom. The second kappa shape index (κ2) is 5.45. The van der Waals surface area contributed by atoms with Crippen molar-refractivity contribution in [3.63, 3.8) is 0 Å². The van der Waals surface area contributed by atoms with Crippen molar-refractivity contribution in [3.8, 4) is 17.1 Å². The molecule has 0 fully saturated rings. The van der Waals surface area contributed by atoms with Crippen LogP contribution in [-0.4, -0.2) is 23.2 Å². The Balaban J connectivity index is 2.15. The summed E-state index contributed by atoms with van der Waals surface area (Å²) in [5.41, 5.74) is -0.106. The van der Waals surface area contributed by atoms with Gasteiger partial charge in [-0.2, -0.15) is 4.98 Å². The predicted molar refractivity (Wildman–Crippen MR) is 81.0 cm³/mol. The molecule has 0 spiro atoms. The van der Waals surface area contributed by atoms with Crippen molar-refractivity contribution in [1.82, 2.24) is 14.8 Å². The minimum Gasteiger partial charge on any atom is -0.244 e. The first-order valence-corrected chi connectivity index (χ1v) is 7.98. The van der Waals surface area contributed by atoms with Crippen LogP contribution in [0.3, 0.4) is 0 Å². The summed E-state index contributed by atoms with van der Waals surface area (Å²) < 4.78 is 37.7. The molecule has 3 N–H and O–H groups in total. The van der Waals surface area contributed by atoms with Gasteiger partial charge in [0.25, 0.3) is 0 Å². The van der Waals surface area contributed by atoms with Gasteiger partial charge in [0, 0.05) is 0 Å². The first-order chi connectivity index (χ1) is 10.9. The second-order valence-corrected chi connectivity index (χ2v) is 6.27. The van der Waals surface area contributed by atoms with E-state index in [2.05, 4.69) is 10.1 Å². The number of H-pyrrole nitrogens is 1. The maximum absolute atomic E-state index is 13.9. The molecule has 0 radical (unpaired) electrons. The molecular formula is C14H11FN4O3S. The Hall–Kier alpha value is -2.78. The molecule has 23 heavy (non-hydrogen) atoms. The molecule has 1 heterocycles. The monoisotopic (exact) mass is 334 g/mol. The molecule has 0 unspecified atom stereocenters. The van der Waals surface area contributed by atoms with Gasteiger partial charge < -0.3 is 0 Å². The highest BCUT2D eigenvalue weighted by Gasteiger charge is 2.15. The third kappa shape index (κ3) is 2.91. The van der Waals surface area contributed by atoms with Gasteiger partial charge in [-0.05, 0) is 36.4 Å². The lowest BCUT2D eigenvalue weighted by Gasteiger charge is -2.08. The number of benzene rings is 2. The average Bonchev–Trinajstić information content (AvgIpc) is 2.89. The number of rotatable bonds is 3. The maximum atomic E-state index is 13.9. The van der Waals surface area contributed by atoms with E-state index in [9.17, 15) is 17.6 Å². The van der Waals surface area contributed by atoms with Crippen LogP contribution >= 0.6 is 0 Å². The molecule has 0 aliphatic rings. The third-order valence-corrected chi connectivity index (χ3v) is 4.09. The standard InChI is InChI=1S/C14H11FN4O3S/c15-12-4-2-1-3-11(12)13-17-14(20)18-19(13)9-5-7-10(8-6-9)23(16,21)22/h1-8H,(H,18,20)(H2,16,21,22). The van der Waals surface area contributed by atoms with Gasteiger partial charge in [0.05, 0.1) is 16.1 Å². The van der Waals surface area contributed by atoms with Crippen LogP contribution < -0.4 is 10.8 Å². The van der Waals surface area contributed by atoms with Gasteiger partial charge in [-0.15, -0.1) is 0 Å². The molecular weight excluding hydrogens is 323 g/mol. The fourth-order valence-electron chi connectivity index (χ4n) is 2.11. The highest BCUT2D eigenvalue weighted by molar-refractivity contribution is 7.89. The fraction of sp³-hybridized carbons (Fsp3) is 0. The number of aromatic nitrogens is 3. The molecule has 2 aromatic carbocycles. The Morgan fingerprint density at radius 2 is 1.74 bits per heavy atom. The lowest BCUT2D eigenvalue weighted by molar-refractivity contribution is 0.598. The molecule has 0 saturated carbocycles. The molecule has 0 saturated heterocycles. The fourth-order valence-corrected chi connectivity index (χ4v) is 2.63. The molecule has 9 heteroatoms. The molecule has 1 aromatic heterocycles. The Labute approximate surface area is 130 Å². The van der Waals surface area contributed by atoms with Crippen molar-refractivity contribution in [2.75, 3.05) is 0 Å². The molecule has 0 atom stereocenters. The van der Waals surface area contributed by atoms with Gasteiger partial charge in [-0.1, -0.05) is 12.1 Å². The molecule has 3 aromatic rings. The van der Waals surface area contributed by atoms with E-state index in [0.29, 0.717) is 5.69 Å². The molecule has 3 rings (SSSR count). The van der Waals surface area contributed by atoms with Crippen molar-refractivity contribution in [2.24, 2.45) is 5.14 Å². The van der Waals surface area contributed by atoms with Crippen LogP contribution in [0.4, 0.5) is 4.39 Å². The Morgan fingerprint density at radius 1 is 1.09 bits per heavy atom. The van der Waals surface area contributed by atoms with Crippen LogP contribution in [0.5, 0.6) is 0 Å². The van der Waals surface area contributed by atoms with E-state index in [1.165, 1.54) is 47.1 Å². The second-order valence-electron chi connectivity index (χ2n) is 4.71. The van der Waals surface area contributed by atoms with E-state index in [-0.39, 0.29) is 16.3 Å². The average molecular weight is 334 g/mol. The Kier molecular flexibility index (Phi) is 3.58. The highest BCUT2D eigenvalue weighted by atomic mass is 32.2. The number of halogens is 1. The number of aromatic amines is 1. The number of hydrogen-bond acceptors (Lipinski definition) is 4. The van der Waals surface area contributed by atoms with Crippen LogP contribution in [0.1, 0.15) is 0 Å². The van der Waals surface area contributed by atoms with E-state index in [1.54, 1.807) is 6.07 Å². The summed E-state index contributed by atoms with van der Waals surface area (Å²) in [6.45, 7) is 0. The van der Waals surface area contributed by atoms with Crippen molar-refractivity contribution >= 4 is 10.0 Å². The molecule has 0 amide bonds. The van der Waals surface area contributed by atoms with Crippen molar-refractivity contribution < 1.29 is 12.8 Å². The number of nitrogens with one attached hydrogen (secondary N) is 1. The summed E-state index contributed by atoms with van der Waals surface area (Å²) in [5.74, 6) is -0.453. The zero-order chi connectivity index (χ0) is 16.6. The van der Waals surface area contributed by atoms with E-state index in [0.717, 1.165) is 0 Å². The smallest absolute Gasteiger partial charge is 0.244 e. The van der Waals surface area contributed by atoms with E-state index in [4.69, 9.17) is 5.14 Å². The van der Waals surface area contributed by atoms with Crippen LogP contribution in [-0.2, 0) is 10.0 Å². The first-order valence-electron chi connectivity index (χ1n) is 6.43. The number of primary sulfonamides is 1. The number of sulfonamides is 1. The van der Waals surface area contributed by atoms with Gasteiger partial charge in [-0.25, -0.2) is 32.5 Å². The molecule has 0 aliphatic carbocycles. The summed E-state index contributed by atoms with van der Waals surface area (Å²) in [6.07, 6.45) is 0. The van der Waals surface area contributed by atoms with Gasteiger partial charge in [0.15, 0.2) is 5.82 Å². The lowest BCUT2D eigenvalue weighted by Crippen LogP contribution is -2.12. The quantitative estimate of drug-likeness (QED) is 0.744. The van der Waals surface area contributed by atoms with Crippen molar-refractivity contribution in [3.05, 3.63) is 64.8 Å². The van der Waals surface area contributed by atoms with E-state index < -0.39 is 21.5 Å².